The number of carbonyl (C=O) groups excluding carboxylic acids is 2. The molecule has 1 aliphatic rings. The highest BCUT2D eigenvalue weighted by Crippen LogP contribution is 2.40. The van der Waals surface area contributed by atoms with Crippen LogP contribution in [0.5, 0.6) is 0 Å². The van der Waals surface area contributed by atoms with Crippen molar-refractivity contribution in [2.45, 2.75) is 37.8 Å². The summed E-state index contributed by atoms with van der Waals surface area (Å²) in [5, 5.41) is 0. The second-order valence-electron chi connectivity index (χ2n) is 6.74. The fourth-order valence-corrected chi connectivity index (χ4v) is 3.57. The van der Waals surface area contributed by atoms with Gasteiger partial charge in [-0.1, -0.05) is 30.3 Å². The van der Waals surface area contributed by atoms with Crippen molar-refractivity contribution < 1.29 is 32.2 Å². The molecule has 0 saturated carbocycles. The molecule has 1 heterocycles. The van der Waals surface area contributed by atoms with Gasteiger partial charge in [-0.15, -0.1) is 0 Å². The maximum atomic E-state index is 13.5. The van der Waals surface area contributed by atoms with E-state index in [2.05, 4.69) is 22.6 Å². The number of Topliss-reactive ketones (excluding diaryl/α,β-unsaturated/α-hetero) is 1. The Hall–Kier alpha value is -1.94. The number of halogens is 4. The van der Waals surface area contributed by atoms with Gasteiger partial charge in [-0.05, 0) is 53.3 Å². The first kappa shape index (κ1) is 21.8. The van der Waals surface area contributed by atoms with E-state index in [1.807, 2.05) is 0 Å². The maximum absolute atomic E-state index is 13.5. The Labute approximate surface area is 179 Å². The lowest BCUT2D eigenvalue weighted by Crippen LogP contribution is -2.45. The maximum Gasteiger partial charge on any atom is 0.394 e. The molecule has 0 aliphatic carbocycles. The molecule has 4 nitrogen and oxygen atoms in total. The van der Waals surface area contributed by atoms with Crippen LogP contribution < -0.4 is 0 Å². The average Bonchev–Trinajstić information content (AvgIpc) is 2.68. The van der Waals surface area contributed by atoms with Gasteiger partial charge in [-0.3, -0.25) is 4.79 Å². The van der Waals surface area contributed by atoms with Crippen LogP contribution in [0.25, 0.3) is 0 Å². The number of benzene rings is 2. The van der Waals surface area contributed by atoms with E-state index in [1.54, 1.807) is 54.6 Å². The lowest BCUT2D eigenvalue weighted by atomic mass is 9.89. The third-order valence-electron chi connectivity index (χ3n) is 4.71. The van der Waals surface area contributed by atoms with E-state index in [1.165, 1.54) is 0 Å². The first-order valence-corrected chi connectivity index (χ1v) is 10.1. The lowest BCUT2D eigenvalue weighted by molar-refractivity contribution is -0.259. The van der Waals surface area contributed by atoms with Crippen molar-refractivity contribution in [2.24, 2.45) is 5.92 Å². The molecular weight excluding hydrogens is 500 g/mol. The van der Waals surface area contributed by atoms with Gasteiger partial charge in [0.1, 0.15) is 0 Å². The summed E-state index contributed by atoms with van der Waals surface area (Å²) in [6, 6.07) is 14.7. The monoisotopic (exact) mass is 518 g/mol. The van der Waals surface area contributed by atoms with Crippen LogP contribution in [0.1, 0.15) is 40.0 Å². The molecular formula is C21H18F3IO4. The minimum absolute atomic E-state index is 0.0863. The van der Waals surface area contributed by atoms with Gasteiger partial charge < -0.3 is 9.47 Å². The molecule has 8 heteroatoms. The molecule has 3 atom stereocenters. The van der Waals surface area contributed by atoms with Crippen molar-refractivity contribution in [1.82, 2.24) is 0 Å². The molecule has 154 valence electrons. The van der Waals surface area contributed by atoms with Gasteiger partial charge in [0.2, 0.25) is 6.29 Å². The average molecular weight is 518 g/mol. The van der Waals surface area contributed by atoms with Crippen molar-refractivity contribution in [3.05, 3.63) is 69.3 Å². The van der Waals surface area contributed by atoms with Crippen molar-refractivity contribution in [2.75, 3.05) is 0 Å². The van der Waals surface area contributed by atoms with E-state index in [0.717, 1.165) is 3.57 Å². The fourth-order valence-electron chi connectivity index (χ4n) is 3.21. The third-order valence-corrected chi connectivity index (χ3v) is 5.43. The van der Waals surface area contributed by atoms with Crippen LogP contribution in [0.2, 0.25) is 0 Å². The van der Waals surface area contributed by atoms with Crippen LogP contribution in [0, 0.1) is 9.49 Å². The van der Waals surface area contributed by atoms with Gasteiger partial charge >= 0.3 is 12.1 Å². The van der Waals surface area contributed by atoms with Gasteiger partial charge in [-0.2, -0.15) is 13.2 Å². The number of carbonyl (C=O) groups is 2. The SMILES string of the molecule is O=C(CC1OC(OC(=O)c2ccccc2)CCC1C(F)(F)F)c1ccc(I)cc1. The Balaban J connectivity index is 1.71. The molecule has 0 bridgehead atoms. The highest BCUT2D eigenvalue weighted by molar-refractivity contribution is 14.1. The Kier molecular flexibility index (Phi) is 6.94. The molecule has 29 heavy (non-hydrogen) atoms. The molecule has 1 aliphatic heterocycles. The highest BCUT2D eigenvalue weighted by atomic mass is 127. The Bertz CT molecular complexity index is 852. The second-order valence-corrected chi connectivity index (χ2v) is 7.98. The number of hydrogen-bond donors (Lipinski definition) is 0. The Morgan fingerprint density at radius 3 is 2.28 bits per heavy atom. The summed E-state index contributed by atoms with van der Waals surface area (Å²) in [6.45, 7) is 0. The van der Waals surface area contributed by atoms with Crippen molar-refractivity contribution in [1.29, 1.82) is 0 Å². The first-order valence-electron chi connectivity index (χ1n) is 9.01. The summed E-state index contributed by atoms with van der Waals surface area (Å²) in [6.07, 6.45) is -7.85. The molecule has 1 fully saturated rings. The van der Waals surface area contributed by atoms with Crippen molar-refractivity contribution >= 4 is 34.3 Å². The number of ether oxygens (including phenoxy) is 2. The van der Waals surface area contributed by atoms with Gasteiger partial charge in [0.05, 0.1) is 17.6 Å². The second kappa shape index (κ2) is 9.25. The molecule has 0 amide bonds. The van der Waals surface area contributed by atoms with Gasteiger partial charge in [-0.25, -0.2) is 4.79 Å². The van der Waals surface area contributed by atoms with Crippen LogP contribution in [-0.4, -0.2) is 30.3 Å². The normalized spacial score (nSPS) is 22.1. The largest absolute Gasteiger partial charge is 0.432 e. The van der Waals surface area contributed by atoms with Gasteiger partial charge in [0.15, 0.2) is 5.78 Å². The van der Waals surface area contributed by atoms with Crippen LogP contribution in [-0.2, 0) is 9.47 Å². The third kappa shape index (κ3) is 5.79. The molecule has 0 radical (unpaired) electrons. The number of esters is 1. The van der Waals surface area contributed by atoms with Crippen LogP contribution >= 0.6 is 22.6 Å². The summed E-state index contributed by atoms with van der Waals surface area (Å²) < 4.78 is 51.9. The summed E-state index contributed by atoms with van der Waals surface area (Å²) in [4.78, 5) is 24.7. The van der Waals surface area contributed by atoms with E-state index in [0.29, 0.717) is 5.56 Å². The zero-order chi connectivity index (χ0) is 21.0. The van der Waals surface area contributed by atoms with Crippen LogP contribution in [0.4, 0.5) is 13.2 Å². The topological polar surface area (TPSA) is 52.6 Å². The number of hydrogen-bond acceptors (Lipinski definition) is 4. The highest BCUT2D eigenvalue weighted by Gasteiger charge is 2.49. The summed E-state index contributed by atoms with van der Waals surface area (Å²) >= 11 is 2.07. The van der Waals surface area contributed by atoms with Crippen molar-refractivity contribution in [3.8, 4) is 0 Å². The van der Waals surface area contributed by atoms with E-state index in [9.17, 15) is 22.8 Å². The molecule has 1 saturated heterocycles. The summed E-state index contributed by atoms with van der Waals surface area (Å²) in [5.74, 6) is -2.92. The van der Waals surface area contributed by atoms with E-state index in [-0.39, 0.29) is 18.4 Å². The first-order chi connectivity index (χ1) is 13.7. The Morgan fingerprint density at radius 1 is 1.00 bits per heavy atom. The molecule has 3 unspecified atom stereocenters. The molecule has 0 aromatic heterocycles. The van der Waals surface area contributed by atoms with Gasteiger partial charge in [0.25, 0.3) is 0 Å². The molecule has 0 N–H and O–H groups in total. The quantitative estimate of drug-likeness (QED) is 0.302. The number of alkyl halides is 3. The molecule has 0 spiro atoms. The van der Waals surface area contributed by atoms with Gasteiger partial charge in [0, 0.05) is 22.0 Å². The Morgan fingerprint density at radius 2 is 1.66 bits per heavy atom. The molecule has 2 aromatic rings. The van der Waals surface area contributed by atoms with E-state index < -0.39 is 42.7 Å². The number of rotatable bonds is 5. The molecule has 2 aromatic carbocycles. The summed E-state index contributed by atoms with van der Waals surface area (Å²) in [5.41, 5.74) is 0.596. The fraction of sp³-hybridized carbons (Fsp3) is 0.333. The van der Waals surface area contributed by atoms with Crippen LogP contribution in [0.15, 0.2) is 54.6 Å². The smallest absolute Gasteiger partial charge is 0.394 e. The predicted molar refractivity (Wildman–Crippen MR) is 107 cm³/mol. The number of ketones is 1. The summed E-state index contributed by atoms with van der Waals surface area (Å²) in [7, 11) is 0. The molecule has 3 rings (SSSR count). The minimum atomic E-state index is -4.51. The van der Waals surface area contributed by atoms with E-state index in [4.69, 9.17) is 9.47 Å². The van der Waals surface area contributed by atoms with E-state index >= 15 is 0 Å². The van der Waals surface area contributed by atoms with Crippen LogP contribution in [0.3, 0.4) is 0 Å². The minimum Gasteiger partial charge on any atom is -0.432 e. The standard InChI is InChI=1S/C21H18F3IO4/c22-21(23,24)16-10-11-19(29-20(27)14-4-2-1-3-5-14)28-18(16)12-17(26)13-6-8-15(25)9-7-13/h1-9,16,18-19H,10-12H2. The predicted octanol–water partition coefficient (Wildman–Crippen LogP) is 5.40. The zero-order valence-electron chi connectivity index (χ0n) is 15.2. The van der Waals surface area contributed by atoms with Crippen molar-refractivity contribution in [3.63, 3.8) is 0 Å². The zero-order valence-corrected chi connectivity index (χ0v) is 17.4. The lowest BCUT2D eigenvalue weighted by Gasteiger charge is -2.36.